The molecule has 108 valence electrons. The van der Waals surface area contributed by atoms with Gasteiger partial charge >= 0.3 is 0 Å². The van der Waals surface area contributed by atoms with Crippen molar-refractivity contribution in [2.24, 2.45) is 0 Å². The van der Waals surface area contributed by atoms with Crippen molar-refractivity contribution >= 4 is 21.7 Å². The number of hydrogen-bond donors (Lipinski definition) is 0. The molecule has 0 amide bonds. The van der Waals surface area contributed by atoms with Gasteiger partial charge in [-0.2, -0.15) is 0 Å². The van der Waals surface area contributed by atoms with Crippen LogP contribution >= 0.6 is 11.5 Å². The molecule has 3 rings (SSSR count). The summed E-state index contributed by atoms with van der Waals surface area (Å²) in [7, 11) is 0. The zero-order valence-electron chi connectivity index (χ0n) is 11.6. The average molecular weight is 292 g/mol. The molecule has 2 heterocycles. The number of aryl methyl sites for hydroxylation is 1. The molecule has 4 nitrogen and oxygen atoms in total. The lowest BCUT2D eigenvalue weighted by Crippen LogP contribution is -2.19. The van der Waals surface area contributed by atoms with E-state index in [9.17, 15) is 4.79 Å². The highest BCUT2D eigenvalue weighted by molar-refractivity contribution is 7.13. The van der Waals surface area contributed by atoms with Gasteiger partial charge in [0.2, 0.25) is 0 Å². The number of ether oxygens (including phenoxy) is 1. The third kappa shape index (κ3) is 3.10. The molecule has 0 radical (unpaired) electrons. The molecule has 0 bridgehead atoms. The Morgan fingerprint density at radius 3 is 3.00 bits per heavy atom. The first-order valence-corrected chi connectivity index (χ1v) is 8.18. The number of aromatic nitrogens is 2. The van der Waals surface area contributed by atoms with Gasteiger partial charge in [-0.05, 0) is 42.9 Å². The van der Waals surface area contributed by atoms with Gasteiger partial charge in [0, 0.05) is 19.3 Å². The summed E-state index contributed by atoms with van der Waals surface area (Å²) in [5.41, 5.74) is 0.0794. The normalized spacial score (nSPS) is 16.8. The molecule has 5 heteroatoms. The number of hydrogen-bond acceptors (Lipinski definition) is 4. The maximum absolute atomic E-state index is 12.1. The van der Waals surface area contributed by atoms with Crippen molar-refractivity contribution in [1.82, 2.24) is 8.94 Å². The van der Waals surface area contributed by atoms with Gasteiger partial charge in [0.25, 0.3) is 5.56 Å². The summed E-state index contributed by atoms with van der Waals surface area (Å²) in [5, 5.41) is 0.727. The first kappa shape index (κ1) is 13.8. The van der Waals surface area contributed by atoms with E-state index < -0.39 is 0 Å². The summed E-state index contributed by atoms with van der Waals surface area (Å²) in [5.74, 6) is 0. The Kier molecular flexibility index (Phi) is 4.47. The van der Waals surface area contributed by atoms with E-state index in [2.05, 4.69) is 4.98 Å². The van der Waals surface area contributed by atoms with Crippen molar-refractivity contribution in [1.29, 1.82) is 0 Å². The quantitative estimate of drug-likeness (QED) is 0.795. The molecule has 1 saturated carbocycles. The van der Waals surface area contributed by atoms with Gasteiger partial charge in [-0.25, -0.2) is 4.98 Å². The van der Waals surface area contributed by atoms with E-state index in [1.165, 1.54) is 43.6 Å². The van der Waals surface area contributed by atoms with Crippen LogP contribution in [0.4, 0.5) is 0 Å². The van der Waals surface area contributed by atoms with Gasteiger partial charge < -0.3 is 4.74 Å². The maximum Gasteiger partial charge on any atom is 0.270 e. The van der Waals surface area contributed by atoms with Gasteiger partial charge in [-0.15, -0.1) is 0 Å². The molecule has 1 aliphatic rings. The van der Waals surface area contributed by atoms with Crippen molar-refractivity contribution in [3.05, 3.63) is 28.7 Å². The Morgan fingerprint density at radius 2 is 2.20 bits per heavy atom. The molecular formula is C15H20N2O2S. The van der Waals surface area contributed by atoms with Crippen LogP contribution in [-0.4, -0.2) is 21.7 Å². The molecule has 20 heavy (non-hydrogen) atoms. The largest absolute Gasteiger partial charge is 0.378 e. The first-order chi connectivity index (χ1) is 9.84. The third-order valence-electron chi connectivity index (χ3n) is 3.84. The monoisotopic (exact) mass is 292 g/mol. The summed E-state index contributed by atoms with van der Waals surface area (Å²) >= 11 is 1.45. The number of fused-ring (bicyclic) bond motifs is 1. The van der Waals surface area contributed by atoms with Gasteiger partial charge in [0.15, 0.2) is 0 Å². The lowest BCUT2D eigenvalue weighted by atomic mass is 9.98. The van der Waals surface area contributed by atoms with E-state index in [1.807, 2.05) is 12.1 Å². The Morgan fingerprint density at radius 1 is 1.35 bits per heavy atom. The topological polar surface area (TPSA) is 44.1 Å². The molecule has 0 aromatic carbocycles. The van der Waals surface area contributed by atoms with Crippen LogP contribution in [0.3, 0.4) is 0 Å². The van der Waals surface area contributed by atoms with Crippen molar-refractivity contribution < 1.29 is 4.74 Å². The summed E-state index contributed by atoms with van der Waals surface area (Å²) in [6.45, 7) is 1.48. The van der Waals surface area contributed by atoms with Crippen LogP contribution in [0.15, 0.2) is 23.1 Å². The second-order valence-corrected chi connectivity index (χ2v) is 6.35. The fourth-order valence-electron chi connectivity index (χ4n) is 2.74. The van der Waals surface area contributed by atoms with Crippen LogP contribution in [0.5, 0.6) is 0 Å². The summed E-state index contributed by atoms with van der Waals surface area (Å²) in [6.07, 6.45) is 9.42. The summed E-state index contributed by atoms with van der Waals surface area (Å²) < 4.78 is 7.69. The zero-order chi connectivity index (χ0) is 13.8. The highest BCUT2D eigenvalue weighted by Crippen LogP contribution is 2.20. The fraction of sp³-hybridized carbons (Fsp3) is 0.600. The van der Waals surface area contributed by atoms with Crippen LogP contribution in [0.25, 0.3) is 10.2 Å². The van der Waals surface area contributed by atoms with Crippen LogP contribution in [0.1, 0.15) is 38.5 Å². The zero-order valence-corrected chi connectivity index (χ0v) is 12.4. The molecule has 2 aromatic heterocycles. The van der Waals surface area contributed by atoms with Crippen LogP contribution in [0, 0.1) is 0 Å². The van der Waals surface area contributed by atoms with E-state index in [1.54, 1.807) is 10.2 Å². The number of nitrogens with zero attached hydrogens (tertiary/aromatic N) is 2. The molecule has 0 N–H and O–H groups in total. The van der Waals surface area contributed by atoms with Crippen molar-refractivity contribution in [2.45, 2.75) is 51.2 Å². The Labute approximate surface area is 122 Å². The van der Waals surface area contributed by atoms with Gasteiger partial charge in [-0.1, -0.05) is 19.3 Å². The minimum absolute atomic E-state index is 0.0794. The molecule has 0 unspecified atom stereocenters. The summed E-state index contributed by atoms with van der Waals surface area (Å²) in [4.78, 5) is 17.2. The van der Waals surface area contributed by atoms with E-state index in [-0.39, 0.29) is 5.56 Å². The number of pyridine rings is 1. The highest BCUT2D eigenvalue weighted by Gasteiger charge is 2.13. The molecule has 0 saturated heterocycles. The average Bonchev–Trinajstić information content (AvgIpc) is 2.82. The minimum Gasteiger partial charge on any atom is -0.378 e. The lowest BCUT2D eigenvalue weighted by molar-refractivity contribution is 0.0259. The van der Waals surface area contributed by atoms with Gasteiger partial charge in [0.05, 0.1) is 11.5 Å². The maximum atomic E-state index is 12.1. The van der Waals surface area contributed by atoms with E-state index >= 15 is 0 Å². The Hall–Kier alpha value is -1.20. The standard InChI is InChI=1S/C15H20N2O2S/c18-15-13-8-4-9-16-14(13)20-17(15)10-5-11-19-12-6-2-1-3-7-12/h4,8-9,12H,1-3,5-7,10-11H2. The summed E-state index contributed by atoms with van der Waals surface area (Å²) in [6, 6.07) is 3.66. The third-order valence-corrected chi connectivity index (χ3v) is 4.90. The second-order valence-electron chi connectivity index (χ2n) is 5.34. The smallest absolute Gasteiger partial charge is 0.270 e. The minimum atomic E-state index is 0.0794. The van der Waals surface area contributed by atoms with E-state index in [0.29, 0.717) is 6.10 Å². The fourth-order valence-corrected chi connectivity index (χ4v) is 3.72. The predicted molar refractivity (Wildman–Crippen MR) is 81.3 cm³/mol. The second kappa shape index (κ2) is 6.50. The van der Waals surface area contributed by atoms with Crippen molar-refractivity contribution in [3.8, 4) is 0 Å². The lowest BCUT2D eigenvalue weighted by Gasteiger charge is -2.21. The molecule has 0 atom stereocenters. The van der Waals surface area contributed by atoms with E-state index in [4.69, 9.17) is 4.74 Å². The first-order valence-electron chi connectivity index (χ1n) is 7.41. The van der Waals surface area contributed by atoms with E-state index in [0.717, 1.165) is 29.8 Å². The van der Waals surface area contributed by atoms with Crippen molar-refractivity contribution in [3.63, 3.8) is 0 Å². The van der Waals surface area contributed by atoms with Crippen LogP contribution in [-0.2, 0) is 11.3 Å². The molecular weight excluding hydrogens is 272 g/mol. The number of rotatable bonds is 5. The molecule has 0 aliphatic heterocycles. The van der Waals surface area contributed by atoms with Gasteiger partial charge in [0.1, 0.15) is 4.83 Å². The SMILES string of the molecule is O=c1c2cccnc2sn1CCCOC1CCCCC1. The Bertz CT molecular complexity index is 614. The van der Waals surface area contributed by atoms with Crippen LogP contribution < -0.4 is 5.56 Å². The molecule has 1 aliphatic carbocycles. The Balaban J connectivity index is 1.52. The van der Waals surface area contributed by atoms with Crippen LogP contribution in [0.2, 0.25) is 0 Å². The molecule has 0 spiro atoms. The van der Waals surface area contributed by atoms with Gasteiger partial charge in [-0.3, -0.25) is 8.75 Å². The molecule has 2 aromatic rings. The van der Waals surface area contributed by atoms with Crippen molar-refractivity contribution in [2.75, 3.05) is 6.61 Å². The molecule has 1 fully saturated rings. The predicted octanol–water partition coefficient (Wildman–Crippen LogP) is 3.20. The highest BCUT2D eigenvalue weighted by atomic mass is 32.1.